The van der Waals surface area contributed by atoms with E-state index < -0.39 is 0 Å². The van der Waals surface area contributed by atoms with E-state index in [1.165, 1.54) is 32.1 Å². The van der Waals surface area contributed by atoms with E-state index in [-0.39, 0.29) is 0 Å². The van der Waals surface area contributed by atoms with E-state index >= 15 is 0 Å². The van der Waals surface area contributed by atoms with Gasteiger partial charge in [0.05, 0.1) is 0 Å². The van der Waals surface area contributed by atoms with Gasteiger partial charge in [-0.1, -0.05) is 86.3 Å². The topological polar surface area (TPSA) is 26.0 Å². The predicted octanol–water partition coefficient (Wildman–Crippen LogP) is 5.94. The monoisotopic (exact) mass is 257 g/mol. The lowest BCUT2D eigenvalue weighted by Crippen LogP contribution is -2.28. The van der Waals surface area contributed by atoms with E-state index in [4.69, 9.17) is 5.73 Å². The molecule has 112 valence electrons. The maximum atomic E-state index is 5.73. The summed E-state index contributed by atoms with van der Waals surface area (Å²) in [6.45, 7) is 14.9. The summed E-state index contributed by atoms with van der Waals surface area (Å²) in [5, 5.41) is 0. The quantitative estimate of drug-likeness (QED) is 0.609. The average Bonchev–Trinajstić information content (AvgIpc) is 2.45. The zero-order valence-corrected chi connectivity index (χ0v) is 14.1. The van der Waals surface area contributed by atoms with Crippen molar-refractivity contribution in [3.63, 3.8) is 0 Å². The highest BCUT2D eigenvalue weighted by Gasteiger charge is 2.11. The Morgan fingerprint density at radius 2 is 1.17 bits per heavy atom. The number of nitrogens with two attached hydrogens (primary N) is 1. The predicted molar refractivity (Wildman–Crippen MR) is 88.0 cm³/mol. The molecule has 1 heteroatoms. The van der Waals surface area contributed by atoms with E-state index in [9.17, 15) is 0 Å². The highest BCUT2D eigenvalue weighted by atomic mass is 14.6. The molecular formula is C17H39N. The van der Waals surface area contributed by atoms with Crippen LogP contribution in [0.4, 0.5) is 0 Å². The molecule has 1 aliphatic rings. The van der Waals surface area contributed by atoms with Crippen LogP contribution in [0.25, 0.3) is 0 Å². The zero-order valence-electron chi connectivity index (χ0n) is 14.1. The summed E-state index contributed by atoms with van der Waals surface area (Å²) in [6.07, 6.45) is 11.9. The number of hydrogen-bond donors (Lipinski definition) is 1. The molecule has 0 bridgehead atoms. The van der Waals surface area contributed by atoms with Crippen molar-refractivity contribution in [3.05, 3.63) is 12.2 Å². The first kappa shape index (κ1) is 22.8. The van der Waals surface area contributed by atoms with Gasteiger partial charge in [0.15, 0.2) is 0 Å². The SMILES string of the molecule is CC.CC1CC=CCC1N.CCCC.CCCC. The van der Waals surface area contributed by atoms with Crippen LogP contribution in [0.1, 0.15) is 87.0 Å². The van der Waals surface area contributed by atoms with Crippen LogP contribution >= 0.6 is 0 Å². The normalized spacial score (nSPS) is 20.4. The summed E-state index contributed by atoms with van der Waals surface area (Å²) in [4.78, 5) is 0. The van der Waals surface area contributed by atoms with Crippen LogP contribution in [0.5, 0.6) is 0 Å². The van der Waals surface area contributed by atoms with Crippen molar-refractivity contribution in [3.8, 4) is 0 Å². The number of rotatable bonds is 2. The van der Waals surface area contributed by atoms with Gasteiger partial charge in [-0.2, -0.15) is 0 Å². The van der Waals surface area contributed by atoms with Crippen molar-refractivity contribution in [2.45, 2.75) is 93.0 Å². The molecule has 1 nitrogen and oxygen atoms in total. The summed E-state index contributed by atoms with van der Waals surface area (Å²) < 4.78 is 0. The summed E-state index contributed by atoms with van der Waals surface area (Å²) in [5.41, 5.74) is 5.73. The van der Waals surface area contributed by atoms with Gasteiger partial charge in [0.25, 0.3) is 0 Å². The standard InChI is InChI=1S/C7H13N.2C4H10.C2H6/c1-6-4-2-3-5-7(6)8;2*1-3-4-2;1-2/h2-3,6-7H,4-5,8H2,1H3;2*3-4H2,1-2H3;1-2H3. The molecule has 0 aliphatic heterocycles. The molecule has 0 heterocycles. The maximum absolute atomic E-state index is 5.73. The Morgan fingerprint density at radius 1 is 0.833 bits per heavy atom. The zero-order chi connectivity index (χ0) is 14.8. The van der Waals surface area contributed by atoms with Crippen molar-refractivity contribution in [2.75, 3.05) is 0 Å². The van der Waals surface area contributed by atoms with Gasteiger partial charge in [0.2, 0.25) is 0 Å². The van der Waals surface area contributed by atoms with Crippen LogP contribution in [-0.2, 0) is 0 Å². The molecule has 0 spiro atoms. The Kier molecular flexibility index (Phi) is 27.8. The average molecular weight is 258 g/mol. The summed E-state index contributed by atoms with van der Waals surface area (Å²) >= 11 is 0. The summed E-state index contributed by atoms with van der Waals surface area (Å²) in [6, 6.07) is 0.417. The van der Waals surface area contributed by atoms with Gasteiger partial charge < -0.3 is 5.73 Å². The first-order chi connectivity index (χ1) is 8.63. The Hall–Kier alpha value is -0.300. The van der Waals surface area contributed by atoms with Gasteiger partial charge in [-0.15, -0.1) is 0 Å². The van der Waals surface area contributed by atoms with E-state index in [1.54, 1.807) is 0 Å². The van der Waals surface area contributed by atoms with Gasteiger partial charge in [-0.05, 0) is 18.8 Å². The molecule has 0 aromatic rings. The van der Waals surface area contributed by atoms with Crippen LogP contribution < -0.4 is 5.73 Å². The molecule has 2 unspecified atom stereocenters. The fourth-order valence-corrected chi connectivity index (χ4v) is 0.971. The maximum Gasteiger partial charge on any atom is 0.0102 e. The van der Waals surface area contributed by atoms with E-state index in [0.717, 1.165) is 6.42 Å². The molecule has 0 amide bonds. The minimum absolute atomic E-state index is 0.417. The second-order valence-corrected chi connectivity index (χ2v) is 4.58. The lowest BCUT2D eigenvalue weighted by atomic mass is 9.92. The van der Waals surface area contributed by atoms with Crippen LogP contribution in [0.3, 0.4) is 0 Å². The molecule has 18 heavy (non-hydrogen) atoms. The van der Waals surface area contributed by atoms with Crippen molar-refractivity contribution < 1.29 is 0 Å². The van der Waals surface area contributed by atoms with Crippen LogP contribution in [0.15, 0.2) is 12.2 Å². The van der Waals surface area contributed by atoms with E-state index in [1.807, 2.05) is 13.8 Å². The van der Waals surface area contributed by atoms with Crippen molar-refractivity contribution >= 4 is 0 Å². The second kappa shape index (κ2) is 21.9. The molecule has 0 saturated carbocycles. The first-order valence-corrected chi connectivity index (χ1v) is 8.04. The fraction of sp³-hybridized carbons (Fsp3) is 0.882. The Labute approximate surface area is 117 Å². The molecule has 0 radical (unpaired) electrons. The van der Waals surface area contributed by atoms with Crippen molar-refractivity contribution in [1.29, 1.82) is 0 Å². The number of unbranched alkanes of at least 4 members (excludes halogenated alkanes) is 2. The van der Waals surface area contributed by atoms with Crippen LogP contribution in [0, 0.1) is 5.92 Å². The third-order valence-electron chi connectivity index (χ3n) is 2.81. The van der Waals surface area contributed by atoms with Gasteiger partial charge >= 0.3 is 0 Å². The largest absolute Gasteiger partial charge is 0.327 e. The van der Waals surface area contributed by atoms with Crippen molar-refractivity contribution in [1.82, 2.24) is 0 Å². The fourth-order valence-electron chi connectivity index (χ4n) is 0.971. The lowest BCUT2D eigenvalue weighted by Gasteiger charge is -2.19. The molecule has 0 aromatic heterocycles. The Morgan fingerprint density at radius 3 is 1.33 bits per heavy atom. The third kappa shape index (κ3) is 21.0. The minimum atomic E-state index is 0.417. The summed E-state index contributed by atoms with van der Waals surface area (Å²) in [5.74, 6) is 0.694. The molecule has 0 saturated heterocycles. The summed E-state index contributed by atoms with van der Waals surface area (Å²) in [7, 11) is 0. The van der Waals surface area contributed by atoms with Gasteiger partial charge in [-0.25, -0.2) is 0 Å². The second-order valence-electron chi connectivity index (χ2n) is 4.58. The van der Waals surface area contributed by atoms with Gasteiger partial charge in [0.1, 0.15) is 0 Å². The minimum Gasteiger partial charge on any atom is -0.327 e. The third-order valence-corrected chi connectivity index (χ3v) is 2.81. The Bertz CT molecular complexity index is 121. The highest BCUT2D eigenvalue weighted by Crippen LogP contribution is 2.15. The van der Waals surface area contributed by atoms with Gasteiger partial charge in [0, 0.05) is 6.04 Å². The van der Waals surface area contributed by atoms with E-state index in [2.05, 4.69) is 46.8 Å². The highest BCUT2D eigenvalue weighted by molar-refractivity contribution is 4.94. The van der Waals surface area contributed by atoms with Gasteiger partial charge in [-0.3, -0.25) is 0 Å². The molecule has 2 atom stereocenters. The first-order valence-electron chi connectivity index (χ1n) is 8.04. The van der Waals surface area contributed by atoms with E-state index in [0.29, 0.717) is 12.0 Å². The lowest BCUT2D eigenvalue weighted by molar-refractivity contribution is 0.446. The molecule has 1 aliphatic carbocycles. The molecule has 1 rings (SSSR count). The molecule has 0 aromatic carbocycles. The van der Waals surface area contributed by atoms with Crippen LogP contribution in [0.2, 0.25) is 0 Å². The number of hydrogen-bond acceptors (Lipinski definition) is 1. The Balaban J connectivity index is -0.000000194. The molecular weight excluding hydrogens is 218 g/mol. The van der Waals surface area contributed by atoms with Crippen LogP contribution in [-0.4, -0.2) is 6.04 Å². The molecule has 2 N–H and O–H groups in total. The van der Waals surface area contributed by atoms with Crippen molar-refractivity contribution in [2.24, 2.45) is 11.7 Å². The smallest absolute Gasteiger partial charge is 0.0102 e. The number of allylic oxidation sites excluding steroid dienone is 1. The molecule has 0 fully saturated rings.